The molecule has 9 heteroatoms. The van der Waals surface area contributed by atoms with Gasteiger partial charge in [0.25, 0.3) is 0 Å². The number of hydrogen-bond acceptors (Lipinski definition) is 6. The van der Waals surface area contributed by atoms with Gasteiger partial charge in [0.2, 0.25) is 0 Å². The molecule has 2 amide bonds. The Bertz CT molecular complexity index is 568. The van der Waals surface area contributed by atoms with Gasteiger partial charge >= 0.3 is 11.7 Å². The minimum Gasteiger partial charge on any atom is -0.484 e. The zero-order valence-corrected chi connectivity index (χ0v) is 12.6. The van der Waals surface area contributed by atoms with Gasteiger partial charge in [-0.05, 0) is 12.5 Å². The molecule has 0 saturated carbocycles. The number of nitro groups is 1. The number of urea groups is 1. The number of ether oxygens (including phenoxy) is 1. The average Bonchev–Trinajstić information content (AvgIpc) is 2.91. The maximum atomic E-state index is 10.9. The predicted octanol–water partition coefficient (Wildman–Crippen LogP) is 0.0771. The Morgan fingerprint density at radius 2 is 2.30 bits per heavy atom. The summed E-state index contributed by atoms with van der Waals surface area (Å²) < 4.78 is 5.35. The summed E-state index contributed by atoms with van der Waals surface area (Å²) in [6.45, 7) is 1.64. The molecule has 0 bridgehead atoms. The quantitative estimate of drug-likeness (QED) is 0.481. The van der Waals surface area contributed by atoms with E-state index in [1.165, 1.54) is 12.1 Å². The van der Waals surface area contributed by atoms with Crippen LogP contribution in [-0.4, -0.2) is 59.3 Å². The second-order valence-electron chi connectivity index (χ2n) is 5.44. The summed E-state index contributed by atoms with van der Waals surface area (Å²) in [7, 11) is 0. The lowest BCUT2D eigenvalue weighted by atomic mass is 10.3. The van der Waals surface area contributed by atoms with Crippen LogP contribution in [0.5, 0.6) is 5.75 Å². The van der Waals surface area contributed by atoms with Crippen molar-refractivity contribution in [2.45, 2.75) is 18.6 Å². The summed E-state index contributed by atoms with van der Waals surface area (Å²) >= 11 is 0. The number of nitrogens with zero attached hydrogens (tertiary/aromatic N) is 2. The van der Waals surface area contributed by atoms with Crippen molar-refractivity contribution >= 4 is 11.7 Å². The van der Waals surface area contributed by atoms with Gasteiger partial charge in [-0.2, -0.15) is 0 Å². The first kappa shape index (κ1) is 17.0. The number of aliphatic hydroxyl groups excluding tert-OH is 1. The Morgan fingerprint density at radius 1 is 1.57 bits per heavy atom. The number of primary amides is 1. The van der Waals surface area contributed by atoms with Crippen molar-refractivity contribution in [2.24, 2.45) is 5.73 Å². The summed E-state index contributed by atoms with van der Waals surface area (Å²) in [4.78, 5) is 23.1. The first-order valence-corrected chi connectivity index (χ1v) is 7.28. The van der Waals surface area contributed by atoms with Crippen molar-refractivity contribution in [3.63, 3.8) is 0 Å². The number of amides is 2. The van der Waals surface area contributed by atoms with E-state index in [4.69, 9.17) is 10.5 Å². The van der Waals surface area contributed by atoms with E-state index in [9.17, 15) is 20.0 Å². The van der Waals surface area contributed by atoms with Crippen LogP contribution in [0.15, 0.2) is 24.3 Å². The number of aliphatic hydroxyl groups is 1. The summed E-state index contributed by atoms with van der Waals surface area (Å²) in [5, 5.41) is 23.5. The minimum absolute atomic E-state index is 0.0178. The topological polar surface area (TPSA) is 131 Å². The van der Waals surface area contributed by atoms with Crippen molar-refractivity contribution in [3.05, 3.63) is 34.4 Å². The fourth-order valence-corrected chi connectivity index (χ4v) is 2.58. The first-order chi connectivity index (χ1) is 11.0. The highest BCUT2D eigenvalue weighted by atomic mass is 16.6. The van der Waals surface area contributed by atoms with Crippen LogP contribution in [-0.2, 0) is 0 Å². The molecule has 126 valence electrons. The number of likely N-dealkylation sites (tertiary alicyclic amines) is 1. The molecule has 1 aromatic rings. The van der Waals surface area contributed by atoms with E-state index in [1.807, 2.05) is 4.90 Å². The SMILES string of the molecule is NC(=O)NC1CCN(CC(O)COc2ccccc2[N+](=O)[O-])C1. The van der Waals surface area contributed by atoms with Gasteiger partial charge in [0.05, 0.1) is 4.92 Å². The fourth-order valence-electron chi connectivity index (χ4n) is 2.58. The number of nitro benzene ring substituents is 1. The Labute approximate surface area is 133 Å². The van der Waals surface area contributed by atoms with E-state index in [0.717, 1.165) is 13.0 Å². The molecule has 1 aromatic carbocycles. The van der Waals surface area contributed by atoms with E-state index in [1.54, 1.807) is 12.1 Å². The standard InChI is InChI=1S/C14H20N4O5/c15-14(20)16-10-5-6-17(7-10)8-11(19)9-23-13-4-2-1-3-12(13)18(21)22/h1-4,10-11,19H,5-9H2,(H3,15,16,20). The molecule has 0 spiro atoms. The minimum atomic E-state index is -0.790. The van der Waals surface area contributed by atoms with Gasteiger partial charge in [0.15, 0.2) is 5.75 Å². The predicted molar refractivity (Wildman–Crippen MR) is 82.2 cm³/mol. The van der Waals surface area contributed by atoms with Crippen LogP contribution < -0.4 is 15.8 Å². The normalized spacial score (nSPS) is 19.3. The molecule has 9 nitrogen and oxygen atoms in total. The smallest absolute Gasteiger partial charge is 0.312 e. The molecule has 1 aliphatic rings. The van der Waals surface area contributed by atoms with Gasteiger partial charge < -0.3 is 20.9 Å². The van der Waals surface area contributed by atoms with Gasteiger partial charge in [0.1, 0.15) is 12.7 Å². The van der Waals surface area contributed by atoms with Crippen LogP contribution >= 0.6 is 0 Å². The van der Waals surface area contributed by atoms with Gasteiger partial charge in [0, 0.05) is 31.7 Å². The fraction of sp³-hybridized carbons (Fsp3) is 0.500. The molecule has 0 aromatic heterocycles. The van der Waals surface area contributed by atoms with E-state index in [-0.39, 0.29) is 24.1 Å². The van der Waals surface area contributed by atoms with Crippen molar-refractivity contribution in [2.75, 3.05) is 26.2 Å². The van der Waals surface area contributed by atoms with Gasteiger partial charge in [-0.3, -0.25) is 15.0 Å². The molecule has 4 N–H and O–H groups in total. The summed E-state index contributed by atoms with van der Waals surface area (Å²) in [6.07, 6.45) is -0.0251. The number of hydrogen-bond donors (Lipinski definition) is 3. The number of carbonyl (C=O) groups excluding carboxylic acids is 1. The van der Waals surface area contributed by atoms with Crippen LogP contribution in [0, 0.1) is 10.1 Å². The molecule has 1 fully saturated rings. The Hall–Kier alpha value is -2.39. The molecule has 1 aliphatic heterocycles. The molecular formula is C14H20N4O5. The molecule has 1 heterocycles. The number of rotatable bonds is 7. The first-order valence-electron chi connectivity index (χ1n) is 7.28. The summed E-state index contributed by atoms with van der Waals surface area (Å²) in [6, 6.07) is 5.45. The molecular weight excluding hydrogens is 304 g/mol. The Morgan fingerprint density at radius 3 is 3.00 bits per heavy atom. The van der Waals surface area contributed by atoms with Crippen molar-refractivity contribution in [3.8, 4) is 5.75 Å². The van der Waals surface area contributed by atoms with E-state index >= 15 is 0 Å². The third-order valence-electron chi connectivity index (χ3n) is 3.58. The van der Waals surface area contributed by atoms with Gasteiger partial charge in [-0.15, -0.1) is 0 Å². The van der Waals surface area contributed by atoms with Crippen LogP contribution in [0.2, 0.25) is 0 Å². The summed E-state index contributed by atoms with van der Waals surface area (Å²) in [5.74, 6) is 0.131. The number of nitrogens with one attached hydrogen (secondary N) is 1. The van der Waals surface area contributed by atoms with Crippen molar-refractivity contribution in [1.82, 2.24) is 10.2 Å². The number of benzene rings is 1. The Kier molecular flexibility index (Phi) is 5.72. The number of β-amino-alcohol motifs (C(OH)–C–C–N with tert-alkyl or cyclic N) is 1. The molecule has 2 unspecified atom stereocenters. The maximum absolute atomic E-state index is 10.9. The molecule has 0 aliphatic carbocycles. The Balaban J connectivity index is 1.79. The lowest BCUT2D eigenvalue weighted by Crippen LogP contribution is -2.41. The monoisotopic (exact) mass is 324 g/mol. The zero-order valence-electron chi connectivity index (χ0n) is 12.6. The number of carbonyl (C=O) groups is 1. The van der Waals surface area contributed by atoms with Gasteiger partial charge in [-0.1, -0.05) is 12.1 Å². The van der Waals surface area contributed by atoms with Crippen LogP contribution in [0.4, 0.5) is 10.5 Å². The molecule has 2 atom stereocenters. The lowest BCUT2D eigenvalue weighted by molar-refractivity contribution is -0.385. The third-order valence-corrected chi connectivity index (χ3v) is 3.58. The second kappa shape index (κ2) is 7.75. The maximum Gasteiger partial charge on any atom is 0.312 e. The molecule has 23 heavy (non-hydrogen) atoms. The largest absolute Gasteiger partial charge is 0.484 e. The van der Waals surface area contributed by atoms with Crippen LogP contribution in [0.1, 0.15) is 6.42 Å². The number of para-hydroxylation sites is 2. The third kappa shape index (κ3) is 5.08. The van der Waals surface area contributed by atoms with E-state index in [0.29, 0.717) is 13.1 Å². The highest BCUT2D eigenvalue weighted by Gasteiger charge is 2.25. The van der Waals surface area contributed by atoms with E-state index in [2.05, 4.69) is 5.32 Å². The lowest BCUT2D eigenvalue weighted by Gasteiger charge is -2.20. The number of nitrogens with two attached hydrogens (primary N) is 1. The molecule has 2 rings (SSSR count). The average molecular weight is 324 g/mol. The van der Waals surface area contributed by atoms with E-state index < -0.39 is 17.1 Å². The second-order valence-corrected chi connectivity index (χ2v) is 5.44. The highest BCUT2D eigenvalue weighted by molar-refractivity contribution is 5.72. The zero-order chi connectivity index (χ0) is 16.8. The van der Waals surface area contributed by atoms with Gasteiger partial charge in [-0.25, -0.2) is 4.79 Å². The van der Waals surface area contributed by atoms with Crippen LogP contribution in [0.3, 0.4) is 0 Å². The van der Waals surface area contributed by atoms with Crippen molar-refractivity contribution < 1.29 is 19.6 Å². The summed E-state index contributed by atoms with van der Waals surface area (Å²) in [5.41, 5.74) is 4.94. The van der Waals surface area contributed by atoms with Crippen molar-refractivity contribution in [1.29, 1.82) is 0 Å². The molecule has 1 saturated heterocycles. The molecule has 0 radical (unpaired) electrons. The highest BCUT2D eigenvalue weighted by Crippen LogP contribution is 2.25. The van der Waals surface area contributed by atoms with Crippen LogP contribution in [0.25, 0.3) is 0 Å².